The Morgan fingerprint density at radius 2 is 2.07 bits per heavy atom. The smallest absolute Gasteiger partial charge is 0.238 e. The number of aromatic nitrogens is 1. The Morgan fingerprint density at radius 3 is 2.90 bits per heavy atom. The van der Waals surface area contributed by atoms with Crippen molar-refractivity contribution in [3.8, 4) is 0 Å². The number of benzene rings is 1. The van der Waals surface area contributed by atoms with Crippen molar-refractivity contribution in [2.24, 2.45) is 0 Å². The molecule has 1 unspecified atom stereocenters. The molecule has 1 amide bonds. The summed E-state index contributed by atoms with van der Waals surface area (Å²) in [4.78, 5) is 19.2. The molecule has 154 valence electrons. The Balaban J connectivity index is 1.31. The fourth-order valence-electron chi connectivity index (χ4n) is 3.83. The highest BCUT2D eigenvalue weighted by atomic mass is 32.2. The Labute approximate surface area is 176 Å². The Kier molecular flexibility index (Phi) is 7.16. The maximum absolute atomic E-state index is 12.7. The third kappa shape index (κ3) is 5.79. The van der Waals surface area contributed by atoms with Crippen molar-refractivity contribution >= 4 is 23.4 Å². The van der Waals surface area contributed by atoms with Gasteiger partial charge < -0.3 is 14.8 Å². The van der Waals surface area contributed by atoms with Gasteiger partial charge in [-0.2, -0.15) is 0 Å². The second-order valence-electron chi connectivity index (χ2n) is 7.35. The second-order valence-corrected chi connectivity index (χ2v) is 8.34. The number of amides is 1. The van der Waals surface area contributed by atoms with Gasteiger partial charge in [0.05, 0.1) is 30.8 Å². The number of thioether (sulfide) groups is 1. The molecule has 2 saturated heterocycles. The number of rotatable bonds is 7. The summed E-state index contributed by atoms with van der Waals surface area (Å²) in [6.45, 7) is 2.55. The van der Waals surface area contributed by atoms with Crippen molar-refractivity contribution in [3.63, 3.8) is 0 Å². The van der Waals surface area contributed by atoms with Crippen LogP contribution in [0, 0.1) is 0 Å². The van der Waals surface area contributed by atoms with Crippen molar-refractivity contribution in [1.82, 2.24) is 9.88 Å². The maximum atomic E-state index is 12.7. The van der Waals surface area contributed by atoms with E-state index in [1.54, 1.807) is 18.0 Å². The van der Waals surface area contributed by atoms with Gasteiger partial charge in [0.2, 0.25) is 5.91 Å². The molecule has 1 N–H and O–H groups in total. The van der Waals surface area contributed by atoms with Crippen LogP contribution in [0.5, 0.6) is 0 Å². The number of carbonyl (C=O) groups is 1. The van der Waals surface area contributed by atoms with Crippen molar-refractivity contribution in [1.29, 1.82) is 0 Å². The largest absolute Gasteiger partial charge is 0.349 e. The molecule has 2 aliphatic heterocycles. The quantitative estimate of drug-likeness (QED) is 0.701. The molecule has 1 atom stereocenters. The summed E-state index contributed by atoms with van der Waals surface area (Å²) in [7, 11) is 0. The zero-order valence-electron chi connectivity index (χ0n) is 16.5. The number of hydrogen-bond donors (Lipinski definition) is 1. The third-order valence-corrected chi connectivity index (χ3v) is 6.22. The predicted molar refractivity (Wildman–Crippen MR) is 114 cm³/mol. The lowest BCUT2D eigenvalue weighted by molar-refractivity contribution is -0.127. The van der Waals surface area contributed by atoms with Crippen LogP contribution >= 0.6 is 11.8 Å². The van der Waals surface area contributed by atoms with Gasteiger partial charge in [-0.1, -0.05) is 24.6 Å². The molecular weight excluding hydrogens is 386 g/mol. The first-order valence-corrected chi connectivity index (χ1v) is 11.2. The van der Waals surface area contributed by atoms with Gasteiger partial charge >= 0.3 is 0 Å². The van der Waals surface area contributed by atoms with Crippen molar-refractivity contribution in [3.05, 3.63) is 54.2 Å². The lowest BCUT2D eigenvalue weighted by atomic mass is 10.0. The van der Waals surface area contributed by atoms with E-state index in [1.165, 1.54) is 0 Å². The number of piperidine rings is 1. The molecule has 0 radical (unpaired) electrons. The summed E-state index contributed by atoms with van der Waals surface area (Å²) in [5, 5.41) is 4.05. The van der Waals surface area contributed by atoms with Crippen LogP contribution in [0.3, 0.4) is 0 Å². The van der Waals surface area contributed by atoms with Gasteiger partial charge in [-0.05, 0) is 49.2 Å². The zero-order chi connectivity index (χ0) is 19.9. The molecule has 4 rings (SSSR count). The minimum atomic E-state index is -0.199. The van der Waals surface area contributed by atoms with E-state index in [1.807, 2.05) is 36.4 Å². The molecular formula is C22H27N3O3S. The number of pyridine rings is 1. The van der Waals surface area contributed by atoms with E-state index in [0.29, 0.717) is 19.8 Å². The normalized spacial score (nSPS) is 20.6. The molecule has 6 nitrogen and oxygen atoms in total. The first-order valence-electron chi connectivity index (χ1n) is 10.2. The molecule has 7 heteroatoms. The van der Waals surface area contributed by atoms with Crippen LogP contribution in [0.4, 0.5) is 5.69 Å². The number of carbonyl (C=O) groups excluding carboxylic acids is 1. The first-order chi connectivity index (χ1) is 14.3. The highest BCUT2D eigenvalue weighted by molar-refractivity contribution is 7.98. The number of nitrogens with zero attached hydrogens (tertiary/aromatic N) is 2. The average molecular weight is 414 g/mol. The summed E-state index contributed by atoms with van der Waals surface area (Å²) in [5.74, 6) is 0.815. The molecule has 29 heavy (non-hydrogen) atoms. The molecule has 2 fully saturated rings. The lowest BCUT2D eigenvalue weighted by Crippen LogP contribution is -2.50. The van der Waals surface area contributed by atoms with Gasteiger partial charge in [0.15, 0.2) is 6.29 Å². The number of nitrogens with one attached hydrogen (secondary N) is 1. The van der Waals surface area contributed by atoms with Crippen LogP contribution < -0.4 is 5.32 Å². The first kappa shape index (κ1) is 20.3. The number of likely N-dealkylation sites (tertiary alicyclic amines) is 1. The van der Waals surface area contributed by atoms with E-state index in [-0.39, 0.29) is 18.2 Å². The average Bonchev–Trinajstić information content (AvgIpc) is 3.28. The predicted octanol–water partition coefficient (Wildman–Crippen LogP) is 3.54. The van der Waals surface area contributed by atoms with Crippen LogP contribution in [0.15, 0.2) is 53.7 Å². The lowest BCUT2D eigenvalue weighted by Gasteiger charge is -2.37. The summed E-state index contributed by atoms with van der Waals surface area (Å²) < 4.78 is 11.4. The second kappa shape index (κ2) is 10.2. The van der Waals surface area contributed by atoms with Crippen molar-refractivity contribution in [2.45, 2.75) is 42.4 Å². The highest BCUT2D eigenvalue weighted by Gasteiger charge is 2.34. The maximum Gasteiger partial charge on any atom is 0.238 e. The summed E-state index contributed by atoms with van der Waals surface area (Å²) >= 11 is 1.68. The van der Waals surface area contributed by atoms with E-state index in [2.05, 4.69) is 21.3 Å². The fourth-order valence-corrected chi connectivity index (χ4v) is 4.64. The number of anilines is 1. The van der Waals surface area contributed by atoms with E-state index in [9.17, 15) is 4.79 Å². The summed E-state index contributed by atoms with van der Waals surface area (Å²) in [6, 6.07) is 14.1. The Morgan fingerprint density at radius 1 is 1.17 bits per heavy atom. The molecule has 1 aromatic carbocycles. The highest BCUT2D eigenvalue weighted by Crippen LogP contribution is 2.25. The van der Waals surface area contributed by atoms with Crippen molar-refractivity contribution in [2.75, 3.05) is 31.6 Å². The van der Waals surface area contributed by atoms with Crippen LogP contribution in [-0.4, -0.2) is 54.4 Å². The van der Waals surface area contributed by atoms with E-state index in [0.717, 1.165) is 47.8 Å². The van der Waals surface area contributed by atoms with Gasteiger partial charge in [0, 0.05) is 17.6 Å². The van der Waals surface area contributed by atoms with Gasteiger partial charge in [-0.15, -0.1) is 11.8 Å². The van der Waals surface area contributed by atoms with Crippen molar-refractivity contribution < 1.29 is 14.3 Å². The summed E-state index contributed by atoms with van der Waals surface area (Å²) in [6.07, 6.45) is 4.88. The molecule has 0 bridgehead atoms. The molecule has 1 aromatic heterocycles. The third-order valence-electron chi connectivity index (χ3n) is 5.21. The van der Waals surface area contributed by atoms with Crippen LogP contribution in [0.25, 0.3) is 0 Å². The fraction of sp³-hybridized carbons (Fsp3) is 0.455. The van der Waals surface area contributed by atoms with Gasteiger partial charge in [-0.3, -0.25) is 9.69 Å². The van der Waals surface area contributed by atoms with E-state index >= 15 is 0 Å². The minimum Gasteiger partial charge on any atom is -0.349 e. The van der Waals surface area contributed by atoms with E-state index < -0.39 is 0 Å². The van der Waals surface area contributed by atoms with Crippen LogP contribution in [0.2, 0.25) is 0 Å². The Bertz CT molecular complexity index is 799. The zero-order valence-corrected chi connectivity index (χ0v) is 17.3. The molecule has 3 heterocycles. The molecule has 0 spiro atoms. The Hall–Kier alpha value is -1.93. The van der Waals surface area contributed by atoms with Gasteiger partial charge in [-0.25, -0.2) is 4.98 Å². The van der Waals surface area contributed by atoms with Gasteiger partial charge in [0.25, 0.3) is 0 Å². The molecule has 0 saturated carbocycles. The number of ether oxygens (including phenoxy) is 2. The molecule has 0 aliphatic carbocycles. The summed E-state index contributed by atoms with van der Waals surface area (Å²) in [5.41, 5.74) is 1.98. The SMILES string of the molecule is O=C(CN1CCCCC1C1OCCO1)Nc1cccc(CSc2ccccn2)c1. The van der Waals surface area contributed by atoms with E-state index in [4.69, 9.17) is 9.47 Å². The monoisotopic (exact) mass is 413 g/mol. The standard InChI is InChI=1S/C22H27N3O3S/c26-20(15-25-11-4-2-8-19(25)22-27-12-13-28-22)24-18-7-5-6-17(14-18)16-29-21-9-1-3-10-23-21/h1,3,5-7,9-10,14,19,22H,2,4,8,11-13,15-16H2,(H,24,26). The molecule has 2 aromatic rings. The van der Waals surface area contributed by atoms with Crippen LogP contribution in [0.1, 0.15) is 24.8 Å². The van der Waals surface area contributed by atoms with Crippen LogP contribution in [-0.2, 0) is 20.0 Å². The van der Waals surface area contributed by atoms with Gasteiger partial charge in [0.1, 0.15) is 0 Å². The topological polar surface area (TPSA) is 63.7 Å². The molecule has 2 aliphatic rings. The minimum absolute atomic E-state index is 0.00410. The number of hydrogen-bond acceptors (Lipinski definition) is 6.